The van der Waals surface area contributed by atoms with Crippen molar-refractivity contribution in [3.05, 3.63) is 24.0 Å². The Morgan fingerprint density at radius 2 is 2.06 bits per heavy atom. The quantitative estimate of drug-likeness (QED) is 0.797. The molecule has 0 fully saturated rings. The van der Waals surface area contributed by atoms with Crippen molar-refractivity contribution in [3.8, 4) is 0 Å². The molecule has 0 aliphatic carbocycles. The summed E-state index contributed by atoms with van der Waals surface area (Å²) in [4.78, 5) is 22.5. The maximum absolute atomic E-state index is 11.7. The minimum atomic E-state index is -0.917. The Balaban J connectivity index is 2.65. The largest absolute Gasteiger partial charge is 0.481 e. The number of nitrogens with zero attached hydrogens (tertiary/aromatic N) is 1. The molecule has 1 amide bonds. The van der Waals surface area contributed by atoms with Crippen LogP contribution in [-0.2, 0) is 11.8 Å². The molecule has 1 heterocycles. The lowest BCUT2D eigenvalue weighted by Gasteiger charge is -2.17. The van der Waals surface area contributed by atoms with E-state index >= 15 is 0 Å². The van der Waals surface area contributed by atoms with Crippen LogP contribution in [0.3, 0.4) is 0 Å². The van der Waals surface area contributed by atoms with Crippen molar-refractivity contribution >= 4 is 11.9 Å². The van der Waals surface area contributed by atoms with E-state index in [0.717, 1.165) is 0 Å². The smallest absolute Gasteiger partial charge is 0.308 e. The standard InChI is InChI=1S/C11H16N2O3/c1-7(11(15)16)8(2)12-10(14)9-5-4-6-13(9)3/h4-8H,1-3H3,(H,12,14)(H,15,16). The van der Waals surface area contributed by atoms with Gasteiger partial charge in [0, 0.05) is 19.3 Å². The van der Waals surface area contributed by atoms with Crippen LogP contribution < -0.4 is 5.32 Å². The van der Waals surface area contributed by atoms with E-state index in [1.807, 2.05) is 0 Å². The highest BCUT2D eigenvalue weighted by atomic mass is 16.4. The number of rotatable bonds is 4. The number of aryl methyl sites for hydroxylation is 1. The lowest BCUT2D eigenvalue weighted by molar-refractivity contribution is -0.141. The molecular weight excluding hydrogens is 208 g/mol. The van der Waals surface area contributed by atoms with Gasteiger partial charge in [0.1, 0.15) is 5.69 Å². The Bertz CT molecular complexity index is 398. The molecule has 0 aliphatic heterocycles. The van der Waals surface area contributed by atoms with Crippen LogP contribution in [-0.4, -0.2) is 27.6 Å². The van der Waals surface area contributed by atoms with Crippen LogP contribution >= 0.6 is 0 Å². The number of carboxylic acid groups (broad SMARTS) is 1. The van der Waals surface area contributed by atoms with E-state index in [1.165, 1.54) is 0 Å². The van der Waals surface area contributed by atoms with Crippen molar-refractivity contribution in [1.29, 1.82) is 0 Å². The van der Waals surface area contributed by atoms with Gasteiger partial charge in [-0.3, -0.25) is 9.59 Å². The van der Waals surface area contributed by atoms with Gasteiger partial charge >= 0.3 is 5.97 Å². The molecule has 1 aromatic heterocycles. The fourth-order valence-corrected chi connectivity index (χ4v) is 1.32. The van der Waals surface area contributed by atoms with Gasteiger partial charge in [0.05, 0.1) is 5.92 Å². The molecule has 88 valence electrons. The molecule has 0 spiro atoms. The van der Waals surface area contributed by atoms with E-state index < -0.39 is 17.9 Å². The number of hydrogen-bond donors (Lipinski definition) is 2. The van der Waals surface area contributed by atoms with Crippen LogP contribution in [0.4, 0.5) is 0 Å². The summed E-state index contributed by atoms with van der Waals surface area (Å²) in [5, 5.41) is 11.5. The normalized spacial score (nSPS) is 14.2. The molecule has 0 radical (unpaired) electrons. The van der Waals surface area contributed by atoms with Crippen LogP contribution in [0.2, 0.25) is 0 Å². The fraction of sp³-hybridized carbons (Fsp3) is 0.455. The average molecular weight is 224 g/mol. The van der Waals surface area contributed by atoms with Gasteiger partial charge in [-0.2, -0.15) is 0 Å². The van der Waals surface area contributed by atoms with Gasteiger partial charge in [0.2, 0.25) is 0 Å². The first kappa shape index (κ1) is 12.3. The van der Waals surface area contributed by atoms with Gasteiger partial charge in [-0.15, -0.1) is 0 Å². The maximum atomic E-state index is 11.7. The molecule has 2 atom stereocenters. The summed E-state index contributed by atoms with van der Waals surface area (Å²) in [5.41, 5.74) is 0.518. The molecule has 1 aromatic rings. The minimum absolute atomic E-state index is 0.256. The first-order chi connectivity index (χ1) is 7.43. The fourth-order valence-electron chi connectivity index (χ4n) is 1.32. The van der Waals surface area contributed by atoms with E-state index in [4.69, 9.17) is 5.11 Å². The van der Waals surface area contributed by atoms with E-state index in [-0.39, 0.29) is 5.91 Å². The number of hydrogen-bond acceptors (Lipinski definition) is 2. The van der Waals surface area contributed by atoms with Gasteiger partial charge in [-0.05, 0) is 26.0 Å². The Morgan fingerprint density at radius 1 is 1.44 bits per heavy atom. The van der Waals surface area contributed by atoms with Gasteiger partial charge in [-0.1, -0.05) is 0 Å². The van der Waals surface area contributed by atoms with Crippen molar-refractivity contribution in [3.63, 3.8) is 0 Å². The maximum Gasteiger partial charge on any atom is 0.308 e. The predicted octanol–water partition coefficient (Wildman–Crippen LogP) is 0.864. The third kappa shape index (κ3) is 2.62. The van der Waals surface area contributed by atoms with Crippen LogP contribution in [0.15, 0.2) is 18.3 Å². The van der Waals surface area contributed by atoms with E-state index in [2.05, 4.69) is 5.32 Å². The number of carbonyl (C=O) groups excluding carboxylic acids is 1. The third-order valence-electron chi connectivity index (χ3n) is 2.67. The molecule has 5 heteroatoms. The zero-order valence-corrected chi connectivity index (χ0v) is 9.60. The zero-order chi connectivity index (χ0) is 12.3. The lowest BCUT2D eigenvalue weighted by Crippen LogP contribution is -2.40. The summed E-state index contributed by atoms with van der Waals surface area (Å²) in [5.74, 6) is -1.78. The molecular formula is C11H16N2O3. The Morgan fingerprint density at radius 3 is 2.50 bits per heavy atom. The Labute approximate surface area is 94.1 Å². The number of aromatic nitrogens is 1. The van der Waals surface area contributed by atoms with Crippen molar-refractivity contribution in [2.75, 3.05) is 0 Å². The number of carboxylic acids is 1. The van der Waals surface area contributed by atoms with Gasteiger partial charge < -0.3 is 15.0 Å². The predicted molar refractivity (Wildman–Crippen MR) is 59.1 cm³/mol. The van der Waals surface area contributed by atoms with Crippen molar-refractivity contribution in [1.82, 2.24) is 9.88 Å². The number of carbonyl (C=O) groups is 2. The highest BCUT2D eigenvalue weighted by Crippen LogP contribution is 2.05. The topological polar surface area (TPSA) is 71.3 Å². The van der Waals surface area contributed by atoms with E-state index in [0.29, 0.717) is 5.69 Å². The minimum Gasteiger partial charge on any atom is -0.481 e. The van der Waals surface area contributed by atoms with E-state index in [1.54, 1.807) is 43.8 Å². The summed E-state index contributed by atoms with van der Waals surface area (Å²) in [7, 11) is 1.76. The molecule has 1 rings (SSSR count). The molecule has 0 bridgehead atoms. The van der Waals surface area contributed by atoms with Crippen LogP contribution in [0.5, 0.6) is 0 Å². The second kappa shape index (κ2) is 4.83. The average Bonchev–Trinajstić information content (AvgIpc) is 2.62. The van der Waals surface area contributed by atoms with Crippen LogP contribution in [0, 0.1) is 5.92 Å². The van der Waals surface area contributed by atoms with Crippen molar-refractivity contribution < 1.29 is 14.7 Å². The van der Waals surface area contributed by atoms with Crippen LogP contribution in [0.25, 0.3) is 0 Å². The molecule has 0 saturated heterocycles. The first-order valence-electron chi connectivity index (χ1n) is 5.08. The molecule has 5 nitrogen and oxygen atoms in total. The molecule has 2 N–H and O–H groups in total. The second-order valence-electron chi connectivity index (χ2n) is 3.89. The Kier molecular flexibility index (Phi) is 3.71. The second-order valence-corrected chi connectivity index (χ2v) is 3.89. The molecule has 0 saturated carbocycles. The van der Waals surface area contributed by atoms with E-state index in [9.17, 15) is 9.59 Å². The lowest BCUT2D eigenvalue weighted by atomic mass is 10.0. The number of aliphatic carboxylic acids is 1. The van der Waals surface area contributed by atoms with Crippen molar-refractivity contribution in [2.24, 2.45) is 13.0 Å². The molecule has 0 aliphatic rings. The highest BCUT2D eigenvalue weighted by Gasteiger charge is 2.22. The van der Waals surface area contributed by atoms with Crippen LogP contribution in [0.1, 0.15) is 24.3 Å². The van der Waals surface area contributed by atoms with Gasteiger partial charge in [-0.25, -0.2) is 0 Å². The third-order valence-corrected chi connectivity index (χ3v) is 2.67. The summed E-state index contributed by atoms with van der Waals surface area (Å²) < 4.78 is 1.69. The number of amides is 1. The summed E-state index contributed by atoms with van der Waals surface area (Å²) in [6, 6.07) is 3.05. The van der Waals surface area contributed by atoms with Crippen molar-refractivity contribution in [2.45, 2.75) is 19.9 Å². The summed E-state index contributed by atoms with van der Waals surface area (Å²) in [6.07, 6.45) is 1.76. The molecule has 2 unspecified atom stereocenters. The zero-order valence-electron chi connectivity index (χ0n) is 9.60. The molecule has 16 heavy (non-hydrogen) atoms. The SMILES string of the molecule is CC(NC(=O)c1cccn1C)C(C)C(=O)O. The molecule has 0 aromatic carbocycles. The Hall–Kier alpha value is -1.78. The monoisotopic (exact) mass is 224 g/mol. The van der Waals surface area contributed by atoms with Gasteiger partial charge in [0.25, 0.3) is 5.91 Å². The number of nitrogens with one attached hydrogen (secondary N) is 1. The van der Waals surface area contributed by atoms with Gasteiger partial charge in [0.15, 0.2) is 0 Å². The summed E-state index contributed by atoms with van der Waals surface area (Å²) >= 11 is 0. The summed E-state index contributed by atoms with van der Waals surface area (Å²) in [6.45, 7) is 3.25. The first-order valence-corrected chi connectivity index (χ1v) is 5.08. The highest BCUT2D eigenvalue weighted by molar-refractivity contribution is 5.93.